The van der Waals surface area contributed by atoms with Crippen molar-refractivity contribution in [3.05, 3.63) is 85.1 Å². The van der Waals surface area contributed by atoms with Gasteiger partial charge in [-0.3, -0.25) is 23.4 Å². The molecule has 0 heterocycles. The summed E-state index contributed by atoms with van der Waals surface area (Å²) in [6.07, 6.45) is 38.7. The van der Waals surface area contributed by atoms with Gasteiger partial charge in [0.15, 0.2) is 6.10 Å². The van der Waals surface area contributed by atoms with Gasteiger partial charge in [0.1, 0.15) is 12.6 Å². The van der Waals surface area contributed by atoms with Gasteiger partial charge in [0.05, 0.1) is 31.5 Å². The smallest absolute Gasteiger partial charge is 0.472 e. The number of nitrogens with two attached hydrogens (primary N) is 1. The van der Waals surface area contributed by atoms with Crippen LogP contribution in [0.3, 0.4) is 0 Å². The monoisotopic (exact) mass is 908 g/mol. The van der Waals surface area contributed by atoms with Crippen molar-refractivity contribution < 1.29 is 62.8 Å². The Morgan fingerprint density at radius 1 is 0.714 bits per heavy atom. The van der Waals surface area contributed by atoms with Crippen LogP contribution in [-0.2, 0) is 37.5 Å². The van der Waals surface area contributed by atoms with Crippen molar-refractivity contribution in [2.24, 2.45) is 17.6 Å². The molecule has 15 heteroatoms. The summed E-state index contributed by atoms with van der Waals surface area (Å²) in [4.78, 5) is 46.2. The molecule has 63 heavy (non-hydrogen) atoms. The lowest BCUT2D eigenvalue weighted by Crippen LogP contribution is -2.34. The number of phosphoric ester groups is 1. The average molecular weight is 908 g/mol. The number of carbonyl (C=O) groups excluding carboxylic acids is 2. The number of esters is 2. The van der Waals surface area contributed by atoms with Crippen molar-refractivity contribution >= 4 is 25.7 Å². The molecule has 0 aromatic heterocycles. The summed E-state index contributed by atoms with van der Waals surface area (Å²) in [7, 11) is -4.80. The number of hydrogen-bond donors (Lipinski definition) is 6. The van der Waals surface area contributed by atoms with Gasteiger partial charge in [0.25, 0.3) is 0 Å². The normalized spacial score (nSPS) is 20.9. The molecule has 1 saturated carbocycles. The van der Waals surface area contributed by atoms with Crippen LogP contribution in [0.5, 0.6) is 0 Å². The first-order chi connectivity index (χ1) is 30.3. The molecule has 0 saturated heterocycles. The third kappa shape index (κ3) is 31.1. The fourth-order valence-electron chi connectivity index (χ4n) is 6.66. The molecule has 1 aliphatic carbocycles. The minimum absolute atomic E-state index is 0.0117. The molecule has 7 N–H and O–H groups in total. The van der Waals surface area contributed by atoms with E-state index in [9.17, 15) is 39.2 Å². The third-order valence-corrected chi connectivity index (χ3v) is 11.2. The molecule has 0 bridgehead atoms. The molecule has 0 aromatic carbocycles. The van der Waals surface area contributed by atoms with Gasteiger partial charge in [0, 0.05) is 25.2 Å². The zero-order valence-corrected chi connectivity index (χ0v) is 38.6. The van der Waals surface area contributed by atoms with Crippen molar-refractivity contribution in [1.29, 1.82) is 0 Å². The van der Waals surface area contributed by atoms with E-state index >= 15 is 0 Å². The first-order valence-corrected chi connectivity index (χ1v) is 24.4. The van der Waals surface area contributed by atoms with Crippen LogP contribution in [-0.4, -0.2) is 93.5 Å². The fraction of sp³-hybridized carbons (Fsp3) is 0.646. The van der Waals surface area contributed by atoms with Gasteiger partial charge in [-0.05, 0) is 70.1 Å². The standard InChI is InChI=1S/C48H78NO13P/c1-3-5-7-8-9-10-11-12-13-14-15-16-17-18-19-20-21-22-28-32-47(54)62-40(37-60-63(57,58)61-38-43(49)48(55)56)36-59-46(53)31-27-24-23-26-30-41-42(45(52)35-44(41)51)34-33-39(50)29-25-6-4-2/h5,7,9-10,12-13,15-16,18-19,21-22,33-34,39-45,50-52H,3-4,6,8,11,14,17,20,23-32,35-38,49H2,1-2H3,(H,55,56)(H,57,58)/b7-5-,10-9-,13-12-,16-15-,19-18-,22-21-,34-33+/t39-,40+,41+,42+,43-,44-,45+/m0/s1. The maximum absolute atomic E-state index is 12.7. The van der Waals surface area contributed by atoms with Crippen molar-refractivity contribution in [3.8, 4) is 0 Å². The Labute approximate surface area is 376 Å². The van der Waals surface area contributed by atoms with Gasteiger partial charge >= 0.3 is 25.7 Å². The fourth-order valence-corrected chi connectivity index (χ4v) is 7.43. The number of aliphatic carboxylic acids is 1. The number of aliphatic hydroxyl groups excluding tert-OH is 3. The number of allylic oxidation sites excluding steroid dienone is 12. The highest BCUT2D eigenvalue weighted by Crippen LogP contribution is 2.43. The van der Waals surface area contributed by atoms with E-state index in [4.69, 9.17) is 24.8 Å². The summed E-state index contributed by atoms with van der Waals surface area (Å²) in [6.45, 7) is 2.29. The van der Waals surface area contributed by atoms with Crippen molar-refractivity contribution in [2.45, 2.75) is 166 Å². The van der Waals surface area contributed by atoms with E-state index in [0.717, 1.165) is 64.2 Å². The van der Waals surface area contributed by atoms with E-state index < -0.39 is 76.0 Å². The summed E-state index contributed by atoms with van der Waals surface area (Å²) in [5.41, 5.74) is 5.33. The predicted octanol–water partition coefficient (Wildman–Crippen LogP) is 8.66. The highest BCUT2D eigenvalue weighted by molar-refractivity contribution is 7.47. The van der Waals surface area contributed by atoms with E-state index in [-0.39, 0.29) is 24.7 Å². The van der Waals surface area contributed by atoms with E-state index in [1.165, 1.54) is 0 Å². The largest absolute Gasteiger partial charge is 0.480 e. The lowest BCUT2D eigenvalue weighted by molar-refractivity contribution is -0.161. The summed E-state index contributed by atoms with van der Waals surface area (Å²) < 4.78 is 32.7. The topological polar surface area (TPSA) is 232 Å². The number of unbranched alkanes of at least 4 members (excludes halogenated alkanes) is 5. The van der Waals surface area contributed by atoms with Crippen LogP contribution in [0.25, 0.3) is 0 Å². The van der Waals surface area contributed by atoms with Gasteiger partial charge in [-0.1, -0.05) is 137 Å². The van der Waals surface area contributed by atoms with Gasteiger partial charge < -0.3 is 40.5 Å². The Bertz CT molecular complexity index is 1510. The summed E-state index contributed by atoms with van der Waals surface area (Å²) in [5.74, 6) is -3.01. The Hall–Kier alpha value is -3.46. The third-order valence-electron chi connectivity index (χ3n) is 10.2. The molecular weight excluding hydrogens is 829 g/mol. The number of carboxylic acid groups (broad SMARTS) is 1. The van der Waals surface area contributed by atoms with Crippen LogP contribution in [0.15, 0.2) is 85.1 Å². The van der Waals surface area contributed by atoms with Crippen LogP contribution < -0.4 is 5.73 Å². The SMILES string of the molecule is CC/C=C\C/C=C\C/C=C\C/C=C\C/C=C\C/C=C\CCC(=O)O[C@H](COC(=O)CCCCCC[C@@H]1[C@@H](/C=C/[C@@H](O)CCCCC)[C@H](O)C[C@@H]1O)COP(=O)(O)OC[C@H](N)C(=O)O. The first-order valence-electron chi connectivity index (χ1n) is 22.9. The van der Waals surface area contributed by atoms with Crippen LogP contribution in [0.1, 0.15) is 136 Å². The minimum Gasteiger partial charge on any atom is -0.480 e. The number of ether oxygens (including phenoxy) is 2. The maximum atomic E-state index is 12.7. The number of rotatable bonds is 37. The maximum Gasteiger partial charge on any atom is 0.472 e. The number of aliphatic hydroxyl groups is 3. The highest BCUT2D eigenvalue weighted by Gasteiger charge is 2.39. The van der Waals surface area contributed by atoms with Crippen molar-refractivity contribution in [1.82, 2.24) is 0 Å². The lowest BCUT2D eigenvalue weighted by atomic mass is 9.88. The summed E-state index contributed by atoms with van der Waals surface area (Å²) >= 11 is 0. The Kier molecular flexibility index (Phi) is 33.7. The van der Waals surface area contributed by atoms with Gasteiger partial charge in [-0.15, -0.1) is 0 Å². The molecule has 0 spiro atoms. The van der Waals surface area contributed by atoms with Crippen LogP contribution >= 0.6 is 7.82 Å². The molecule has 0 radical (unpaired) electrons. The Morgan fingerprint density at radius 3 is 1.87 bits per heavy atom. The van der Waals surface area contributed by atoms with Crippen LogP contribution in [0.4, 0.5) is 0 Å². The zero-order chi connectivity index (χ0) is 46.6. The molecule has 358 valence electrons. The van der Waals surface area contributed by atoms with E-state index in [1.807, 2.05) is 24.3 Å². The first kappa shape index (κ1) is 57.6. The van der Waals surface area contributed by atoms with Gasteiger partial charge in [-0.2, -0.15) is 0 Å². The minimum atomic E-state index is -4.80. The van der Waals surface area contributed by atoms with Crippen LogP contribution in [0, 0.1) is 11.8 Å². The highest BCUT2D eigenvalue weighted by atomic mass is 31.2. The second-order valence-electron chi connectivity index (χ2n) is 15.8. The van der Waals surface area contributed by atoms with Crippen LogP contribution in [0.2, 0.25) is 0 Å². The van der Waals surface area contributed by atoms with E-state index in [0.29, 0.717) is 44.9 Å². The molecular formula is C48H78NO13P. The lowest BCUT2D eigenvalue weighted by Gasteiger charge is -2.21. The molecule has 1 fully saturated rings. The number of hydrogen-bond acceptors (Lipinski definition) is 12. The zero-order valence-electron chi connectivity index (χ0n) is 37.7. The van der Waals surface area contributed by atoms with E-state index in [1.54, 1.807) is 6.08 Å². The molecule has 1 aliphatic rings. The number of phosphoric acid groups is 1. The molecule has 0 aliphatic heterocycles. The van der Waals surface area contributed by atoms with Gasteiger partial charge in [-0.25, -0.2) is 4.57 Å². The molecule has 1 unspecified atom stereocenters. The Balaban J connectivity index is 2.51. The van der Waals surface area contributed by atoms with Crippen molar-refractivity contribution in [3.63, 3.8) is 0 Å². The summed E-state index contributed by atoms with van der Waals surface area (Å²) in [6, 6.07) is -1.57. The number of carboxylic acids is 1. The Morgan fingerprint density at radius 2 is 1.29 bits per heavy atom. The molecule has 8 atom stereocenters. The average Bonchev–Trinajstić information content (AvgIpc) is 3.52. The molecule has 0 amide bonds. The quantitative estimate of drug-likeness (QED) is 0.0148. The second-order valence-corrected chi connectivity index (χ2v) is 17.2. The molecule has 0 aromatic rings. The van der Waals surface area contributed by atoms with Gasteiger partial charge in [0.2, 0.25) is 0 Å². The van der Waals surface area contributed by atoms with Crippen molar-refractivity contribution in [2.75, 3.05) is 19.8 Å². The van der Waals surface area contributed by atoms with E-state index in [2.05, 4.69) is 73.1 Å². The second kappa shape index (κ2) is 36.8. The summed E-state index contributed by atoms with van der Waals surface area (Å²) in [5, 5.41) is 40.3. The molecule has 14 nitrogen and oxygen atoms in total. The molecule has 1 rings (SSSR count). The number of carbonyl (C=O) groups is 3. The predicted molar refractivity (Wildman–Crippen MR) is 246 cm³/mol.